The highest BCUT2D eigenvalue weighted by molar-refractivity contribution is 5.96. The molecule has 0 saturated carbocycles. The first kappa shape index (κ1) is 36.5. The molecule has 2 saturated heterocycles. The Labute approximate surface area is 272 Å². The summed E-state index contributed by atoms with van der Waals surface area (Å²) in [5.41, 5.74) is 0.809. The molecule has 254 valence electrons. The minimum absolute atomic E-state index is 0.0219. The van der Waals surface area contributed by atoms with Crippen molar-refractivity contribution >= 4 is 35.5 Å². The molecule has 1 aromatic rings. The van der Waals surface area contributed by atoms with Crippen LogP contribution in [0.2, 0.25) is 0 Å². The number of benzene rings is 1. The molecule has 0 aliphatic carbocycles. The molecule has 0 aromatic heterocycles. The first-order valence-electron chi connectivity index (χ1n) is 16.4. The summed E-state index contributed by atoms with van der Waals surface area (Å²) < 4.78 is 5.64. The Morgan fingerprint density at radius 3 is 2.17 bits per heavy atom. The standard InChI is InChI=1S/C34H51N5O7/c1-8-25-30(41)35-17-16-28(40)46-27(19-21(2)3)33(44)39-18-12-15-26(39)31(42)36-24(20-23-13-10-9-11-14-23)32(43)38(7)29(22(4)5)34(45)37(25)6/h9-11,13-14,21-22,24-27,29H,8,12,15-20H2,1-7H3,(H,35,41)(H,36,42)/t24-,25-,26-,27-,29-/m0/s1. The number of esters is 1. The molecule has 2 fully saturated rings. The van der Waals surface area contributed by atoms with Crippen molar-refractivity contribution in [2.75, 3.05) is 27.2 Å². The van der Waals surface area contributed by atoms with Gasteiger partial charge >= 0.3 is 5.97 Å². The van der Waals surface area contributed by atoms with Gasteiger partial charge in [-0.05, 0) is 43.1 Å². The molecule has 2 aliphatic rings. The van der Waals surface area contributed by atoms with E-state index in [0.29, 0.717) is 25.8 Å². The molecular weight excluding hydrogens is 590 g/mol. The average Bonchev–Trinajstić information content (AvgIpc) is 3.50. The summed E-state index contributed by atoms with van der Waals surface area (Å²) in [4.78, 5) is 86.0. The van der Waals surface area contributed by atoms with Gasteiger partial charge in [-0.2, -0.15) is 0 Å². The first-order chi connectivity index (χ1) is 21.8. The number of rotatable bonds is 6. The van der Waals surface area contributed by atoms with E-state index in [-0.39, 0.29) is 37.6 Å². The Hall–Kier alpha value is -3.96. The average molecular weight is 642 g/mol. The second-order valence-electron chi connectivity index (χ2n) is 13.1. The van der Waals surface area contributed by atoms with Gasteiger partial charge in [-0.1, -0.05) is 65.0 Å². The predicted molar refractivity (Wildman–Crippen MR) is 172 cm³/mol. The molecule has 1 aromatic carbocycles. The van der Waals surface area contributed by atoms with E-state index in [2.05, 4.69) is 10.6 Å². The van der Waals surface area contributed by atoms with Gasteiger partial charge in [-0.25, -0.2) is 0 Å². The number of ether oxygens (including phenoxy) is 1. The minimum Gasteiger partial charge on any atom is -0.452 e. The molecule has 0 spiro atoms. The van der Waals surface area contributed by atoms with Crippen molar-refractivity contribution in [1.29, 1.82) is 0 Å². The van der Waals surface area contributed by atoms with Crippen LogP contribution in [0.15, 0.2) is 30.3 Å². The van der Waals surface area contributed by atoms with E-state index in [9.17, 15) is 28.8 Å². The van der Waals surface area contributed by atoms with Crippen LogP contribution >= 0.6 is 0 Å². The summed E-state index contributed by atoms with van der Waals surface area (Å²) in [7, 11) is 3.07. The van der Waals surface area contributed by atoms with Gasteiger partial charge < -0.3 is 30.1 Å². The van der Waals surface area contributed by atoms with Gasteiger partial charge in [-0.15, -0.1) is 0 Å². The maximum atomic E-state index is 14.2. The van der Waals surface area contributed by atoms with Crippen molar-refractivity contribution in [3.05, 3.63) is 35.9 Å². The molecule has 3 rings (SSSR count). The van der Waals surface area contributed by atoms with Gasteiger partial charge in [0.05, 0.1) is 6.42 Å². The van der Waals surface area contributed by atoms with Gasteiger partial charge in [0, 0.05) is 33.6 Å². The fourth-order valence-electron chi connectivity index (χ4n) is 6.33. The molecule has 12 heteroatoms. The van der Waals surface area contributed by atoms with Crippen molar-refractivity contribution in [2.24, 2.45) is 11.8 Å². The highest BCUT2D eigenvalue weighted by Crippen LogP contribution is 2.23. The third-order valence-corrected chi connectivity index (χ3v) is 8.75. The fraction of sp³-hybridized carbons (Fsp3) is 0.647. The quantitative estimate of drug-likeness (QED) is 0.452. The zero-order valence-corrected chi connectivity index (χ0v) is 28.3. The smallest absolute Gasteiger partial charge is 0.308 e. The lowest BCUT2D eigenvalue weighted by Gasteiger charge is -2.37. The van der Waals surface area contributed by atoms with Crippen LogP contribution in [-0.2, 0) is 39.9 Å². The number of hydrogen-bond acceptors (Lipinski definition) is 7. The number of cyclic esters (lactones) is 1. The van der Waals surface area contributed by atoms with Crippen LogP contribution in [0.3, 0.4) is 0 Å². The molecule has 5 atom stereocenters. The number of carbonyl (C=O) groups is 6. The van der Waals surface area contributed by atoms with Crippen LogP contribution in [0.25, 0.3) is 0 Å². The number of nitrogens with zero attached hydrogens (tertiary/aromatic N) is 3. The van der Waals surface area contributed by atoms with Gasteiger partial charge in [0.15, 0.2) is 6.10 Å². The largest absolute Gasteiger partial charge is 0.452 e. The summed E-state index contributed by atoms with van der Waals surface area (Å²) in [5, 5.41) is 5.63. The van der Waals surface area contributed by atoms with Crippen LogP contribution < -0.4 is 10.6 Å². The second kappa shape index (κ2) is 16.6. The Balaban J connectivity index is 2.05. The molecule has 2 N–H and O–H groups in total. The summed E-state index contributed by atoms with van der Waals surface area (Å²) in [6.45, 7) is 9.51. The van der Waals surface area contributed by atoms with Gasteiger partial charge in [0.25, 0.3) is 5.91 Å². The van der Waals surface area contributed by atoms with Gasteiger partial charge in [-0.3, -0.25) is 28.8 Å². The summed E-state index contributed by atoms with van der Waals surface area (Å²) >= 11 is 0. The maximum absolute atomic E-state index is 14.2. The zero-order chi connectivity index (χ0) is 34.1. The molecule has 0 radical (unpaired) electrons. The van der Waals surface area contributed by atoms with Crippen molar-refractivity contribution in [2.45, 2.75) is 103 Å². The summed E-state index contributed by atoms with van der Waals surface area (Å²) in [6, 6.07) is 5.59. The Bertz CT molecular complexity index is 1250. The van der Waals surface area contributed by atoms with E-state index in [1.54, 1.807) is 6.92 Å². The molecule has 2 aliphatic heterocycles. The lowest BCUT2D eigenvalue weighted by molar-refractivity contribution is -0.162. The van der Waals surface area contributed by atoms with E-state index < -0.39 is 65.8 Å². The van der Waals surface area contributed by atoms with Crippen molar-refractivity contribution < 1.29 is 33.5 Å². The van der Waals surface area contributed by atoms with Crippen LogP contribution in [0.5, 0.6) is 0 Å². The van der Waals surface area contributed by atoms with E-state index >= 15 is 0 Å². The number of fused-ring (bicyclic) bond motifs is 1. The number of amides is 5. The second-order valence-corrected chi connectivity index (χ2v) is 13.1. The number of likely N-dealkylation sites (N-methyl/N-ethyl adjacent to an activating group) is 2. The topological polar surface area (TPSA) is 145 Å². The molecule has 46 heavy (non-hydrogen) atoms. The highest BCUT2D eigenvalue weighted by Gasteiger charge is 2.42. The monoisotopic (exact) mass is 641 g/mol. The number of hydrogen-bond donors (Lipinski definition) is 2. The minimum atomic E-state index is -1.09. The van der Waals surface area contributed by atoms with Gasteiger partial charge in [0.2, 0.25) is 23.6 Å². The molecular formula is C34H51N5O7. The van der Waals surface area contributed by atoms with E-state index in [0.717, 1.165) is 5.56 Å². The van der Waals surface area contributed by atoms with E-state index in [4.69, 9.17) is 4.74 Å². The molecule has 2 heterocycles. The fourth-order valence-corrected chi connectivity index (χ4v) is 6.33. The van der Waals surface area contributed by atoms with Crippen LogP contribution in [-0.4, -0.2) is 108 Å². The molecule has 12 nitrogen and oxygen atoms in total. The highest BCUT2D eigenvalue weighted by atomic mass is 16.5. The Morgan fingerprint density at radius 1 is 0.891 bits per heavy atom. The Kier molecular flexibility index (Phi) is 13.1. The maximum Gasteiger partial charge on any atom is 0.308 e. The molecule has 0 unspecified atom stereocenters. The lowest BCUT2D eigenvalue weighted by atomic mass is 9.97. The first-order valence-corrected chi connectivity index (χ1v) is 16.4. The normalized spacial score (nSPS) is 26.4. The third-order valence-electron chi connectivity index (χ3n) is 8.75. The lowest BCUT2D eigenvalue weighted by Crippen LogP contribution is -2.60. The van der Waals surface area contributed by atoms with Crippen LogP contribution in [0.4, 0.5) is 0 Å². The third kappa shape index (κ3) is 9.07. The van der Waals surface area contributed by atoms with Crippen molar-refractivity contribution in [1.82, 2.24) is 25.3 Å². The van der Waals surface area contributed by atoms with E-state index in [1.807, 2.05) is 58.0 Å². The van der Waals surface area contributed by atoms with Crippen LogP contribution in [0.1, 0.15) is 72.3 Å². The van der Waals surface area contributed by atoms with Crippen molar-refractivity contribution in [3.8, 4) is 0 Å². The summed E-state index contributed by atoms with van der Waals surface area (Å²) in [6.07, 6.45) is 0.441. The molecule has 5 amide bonds. The molecule has 0 bridgehead atoms. The number of nitrogens with one attached hydrogen (secondary N) is 2. The van der Waals surface area contributed by atoms with Gasteiger partial charge in [0.1, 0.15) is 24.2 Å². The van der Waals surface area contributed by atoms with Crippen LogP contribution in [0, 0.1) is 11.8 Å². The zero-order valence-electron chi connectivity index (χ0n) is 28.3. The summed E-state index contributed by atoms with van der Waals surface area (Å²) in [5.74, 6) is -3.20. The Morgan fingerprint density at radius 2 is 1.57 bits per heavy atom. The predicted octanol–water partition coefficient (Wildman–Crippen LogP) is 1.90. The number of carbonyl (C=O) groups excluding carboxylic acids is 6. The van der Waals surface area contributed by atoms with E-state index in [1.165, 1.54) is 28.8 Å². The van der Waals surface area contributed by atoms with Crippen molar-refractivity contribution in [3.63, 3.8) is 0 Å². The SMILES string of the molecule is CC[C@H]1C(=O)NCCC(=O)O[C@@H](CC(C)C)C(=O)N2CCC[C@H]2C(=O)N[C@@H](Cc2ccccc2)C(=O)N(C)[C@@H](C(C)C)C(=O)N1C.